The Hall–Kier alpha value is -2.63. The summed E-state index contributed by atoms with van der Waals surface area (Å²) in [6.45, 7) is 3.02. The number of rotatable bonds is 7. The third-order valence-corrected chi connectivity index (χ3v) is 3.24. The summed E-state index contributed by atoms with van der Waals surface area (Å²) in [7, 11) is 3.88. The van der Waals surface area contributed by atoms with Crippen LogP contribution in [0.25, 0.3) is 0 Å². The Kier molecular flexibility index (Phi) is 5.91. The second kappa shape index (κ2) is 8.12. The lowest BCUT2D eigenvalue weighted by Gasteiger charge is -2.14. The summed E-state index contributed by atoms with van der Waals surface area (Å²) in [4.78, 5) is 22.5. The lowest BCUT2D eigenvalue weighted by atomic mass is 10.1. The van der Waals surface area contributed by atoms with Gasteiger partial charge in [-0.25, -0.2) is 9.97 Å². The summed E-state index contributed by atoms with van der Waals surface area (Å²) in [5.74, 6) is 2.35. The van der Waals surface area contributed by atoms with Crippen molar-refractivity contribution in [2.75, 3.05) is 37.4 Å². The zero-order chi connectivity index (χ0) is 16.7. The minimum atomic E-state index is 0.0193. The molecule has 0 radical (unpaired) electrons. The summed E-state index contributed by atoms with van der Waals surface area (Å²) in [5, 5.41) is 6.11. The molecule has 0 aliphatic heterocycles. The summed E-state index contributed by atoms with van der Waals surface area (Å²) < 4.78 is 0. The molecular formula is C17H23N5O. The molecule has 0 aliphatic carbocycles. The molecule has 0 saturated heterocycles. The van der Waals surface area contributed by atoms with Crippen LogP contribution in [-0.4, -0.2) is 43.1 Å². The van der Waals surface area contributed by atoms with Gasteiger partial charge >= 0.3 is 0 Å². The highest BCUT2D eigenvalue weighted by Gasteiger charge is 2.04. The van der Waals surface area contributed by atoms with Gasteiger partial charge in [0.25, 0.3) is 0 Å². The predicted octanol–water partition coefficient (Wildman–Crippen LogP) is 1.62. The minimum Gasteiger partial charge on any atom is -0.368 e. The van der Waals surface area contributed by atoms with Gasteiger partial charge in [-0.3, -0.25) is 4.79 Å². The van der Waals surface area contributed by atoms with E-state index in [-0.39, 0.29) is 5.91 Å². The molecule has 2 rings (SSSR count). The molecule has 1 aromatic heterocycles. The Morgan fingerprint density at radius 3 is 2.57 bits per heavy atom. The van der Waals surface area contributed by atoms with E-state index in [2.05, 4.69) is 20.6 Å². The lowest BCUT2D eigenvalue weighted by Crippen LogP contribution is -2.30. The number of nitrogens with zero attached hydrogens (tertiary/aromatic N) is 3. The van der Waals surface area contributed by atoms with Crippen LogP contribution in [0.15, 0.2) is 36.4 Å². The fourth-order valence-electron chi connectivity index (χ4n) is 2.11. The van der Waals surface area contributed by atoms with Gasteiger partial charge in [0.1, 0.15) is 17.5 Å². The average Bonchev–Trinajstić information content (AvgIpc) is 2.52. The molecule has 2 N–H and O–H groups in total. The smallest absolute Gasteiger partial charge is 0.224 e. The maximum atomic E-state index is 11.9. The van der Waals surface area contributed by atoms with E-state index in [1.807, 2.05) is 62.3 Å². The number of amides is 1. The van der Waals surface area contributed by atoms with Crippen LogP contribution in [0.3, 0.4) is 0 Å². The molecule has 6 nitrogen and oxygen atoms in total. The standard InChI is InChI=1S/C17H23N5O/c1-13-20-15(12-16(21-13)22(2)3)18-9-10-19-17(23)11-14-7-5-4-6-8-14/h4-8,12H,9-11H2,1-3H3,(H,19,23)(H,18,20,21). The monoisotopic (exact) mass is 313 g/mol. The van der Waals surface area contributed by atoms with Crippen LogP contribution in [0, 0.1) is 6.92 Å². The summed E-state index contributed by atoms with van der Waals surface area (Å²) >= 11 is 0. The number of aromatic nitrogens is 2. The summed E-state index contributed by atoms with van der Waals surface area (Å²) in [6, 6.07) is 11.6. The maximum Gasteiger partial charge on any atom is 0.224 e. The SMILES string of the molecule is Cc1nc(NCCNC(=O)Cc2ccccc2)cc(N(C)C)n1. The van der Waals surface area contributed by atoms with Gasteiger partial charge in [-0.2, -0.15) is 0 Å². The fourth-order valence-corrected chi connectivity index (χ4v) is 2.11. The topological polar surface area (TPSA) is 70.2 Å². The Morgan fingerprint density at radius 1 is 1.13 bits per heavy atom. The highest BCUT2D eigenvalue weighted by molar-refractivity contribution is 5.78. The van der Waals surface area contributed by atoms with E-state index < -0.39 is 0 Å². The number of anilines is 2. The molecule has 0 fully saturated rings. The molecule has 1 amide bonds. The average molecular weight is 313 g/mol. The number of hydrogen-bond donors (Lipinski definition) is 2. The van der Waals surface area contributed by atoms with Crippen molar-refractivity contribution in [2.24, 2.45) is 0 Å². The van der Waals surface area contributed by atoms with Crippen molar-refractivity contribution < 1.29 is 4.79 Å². The second-order valence-electron chi connectivity index (χ2n) is 5.49. The molecule has 23 heavy (non-hydrogen) atoms. The van der Waals surface area contributed by atoms with Crippen molar-refractivity contribution >= 4 is 17.5 Å². The molecule has 1 aromatic carbocycles. The van der Waals surface area contributed by atoms with Crippen molar-refractivity contribution in [3.8, 4) is 0 Å². The van der Waals surface area contributed by atoms with Crippen LogP contribution >= 0.6 is 0 Å². The van der Waals surface area contributed by atoms with Gasteiger partial charge in [0.05, 0.1) is 6.42 Å². The second-order valence-corrected chi connectivity index (χ2v) is 5.49. The lowest BCUT2D eigenvalue weighted by molar-refractivity contribution is -0.120. The van der Waals surface area contributed by atoms with Crippen molar-refractivity contribution in [3.63, 3.8) is 0 Å². The van der Waals surface area contributed by atoms with Crippen LogP contribution in [-0.2, 0) is 11.2 Å². The first-order chi connectivity index (χ1) is 11.0. The van der Waals surface area contributed by atoms with Crippen molar-refractivity contribution in [3.05, 3.63) is 47.8 Å². The van der Waals surface area contributed by atoms with Gasteiger partial charge in [-0.15, -0.1) is 0 Å². The fraction of sp³-hybridized carbons (Fsp3) is 0.353. The van der Waals surface area contributed by atoms with E-state index in [0.717, 1.165) is 17.2 Å². The van der Waals surface area contributed by atoms with Crippen molar-refractivity contribution in [1.82, 2.24) is 15.3 Å². The number of carbonyl (C=O) groups excluding carboxylic acids is 1. The minimum absolute atomic E-state index is 0.0193. The van der Waals surface area contributed by atoms with Crippen LogP contribution in [0.5, 0.6) is 0 Å². The number of aryl methyl sites for hydroxylation is 1. The zero-order valence-corrected chi connectivity index (χ0v) is 13.8. The molecule has 1 heterocycles. The first-order valence-corrected chi connectivity index (χ1v) is 7.62. The van der Waals surface area contributed by atoms with E-state index in [9.17, 15) is 4.79 Å². The number of carbonyl (C=O) groups is 1. The van der Waals surface area contributed by atoms with Gasteiger partial charge in [0, 0.05) is 33.3 Å². The van der Waals surface area contributed by atoms with E-state index in [0.29, 0.717) is 25.3 Å². The summed E-state index contributed by atoms with van der Waals surface area (Å²) in [6.07, 6.45) is 0.401. The quantitative estimate of drug-likeness (QED) is 0.760. The molecule has 0 atom stereocenters. The Morgan fingerprint density at radius 2 is 1.87 bits per heavy atom. The normalized spacial score (nSPS) is 10.2. The van der Waals surface area contributed by atoms with Gasteiger partial charge in [0.2, 0.25) is 5.91 Å². The van der Waals surface area contributed by atoms with E-state index in [1.165, 1.54) is 0 Å². The van der Waals surface area contributed by atoms with Crippen molar-refractivity contribution in [1.29, 1.82) is 0 Å². The van der Waals surface area contributed by atoms with Crippen LogP contribution in [0.1, 0.15) is 11.4 Å². The van der Waals surface area contributed by atoms with Gasteiger partial charge in [0.15, 0.2) is 0 Å². The van der Waals surface area contributed by atoms with Gasteiger partial charge < -0.3 is 15.5 Å². The predicted molar refractivity (Wildman–Crippen MR) is 92.7 cm³/mol. The third kappa shape index (κ3) is 5.58. The largest absolute Gasteiger partial charge is 0.368 e. The highest BCUT2D eigenvalue weighted by atomic mass is 16.1. The Balaban J connectivity index is 1.76. The van der Waals surface area contributed by atoms with E-state index in [1.54, 1.807) is 0 Å². The molecule has 0 aliphatic rings. The number of hydrogen-bond acceptors (Lipinski definition) is 5. The Labute approximate surface area is 137 Å². The molecule has 6 heteroatoms. The molecule has 0 unspecified atom stereocenters. The molecule has 2 aromatic rings. The molecule has 0 saturated carbocycles. The van der Waals surface area contributed by atoms with Gasteiger partial charge in [-0.1, -0.05) is 30.3 Å². The Bertz CT molecular complexity index is 643. The number of benzene rings is 1. The van der Waals surface area contributed by atoms with E-state index in [4.69, 9.17) is 0 Å². The maximum absolute atomic E-state index is 11.9. The van der Waals surface area contributed by atoms with E-state index >= 15 is 0 Å². The van der Waals surface area contributed by atoms with Crippen LogP contribution in [0.4, 0.5) is 11.6 Å². The molecular weight excluding hydrogens is 290 g/mol. The van der Waals surface area contributed by atoms with Crippen LogP contribution in [0.2, 0.25) is 0 Å². The van der Waals surface area contributed by atoms with Crippen molar-refractivity contribution in [2.45, 2.75) is 13.3 Å². The first-order valence-electron chi connectivity index (χ1n) is 7.62. The molecule has 122 valence electrons. The number of nitrogens with one attached hydrogen (secondary N) is 2. The first kappa shape index (κ1) is 16.7. The van der Waals surface area contributed by atoms with Gasteiger partial charge in [-0.05, 0) is 12.5 Å². The summed E-state index contributed by atoms with van der Waals surface area (Å²) in [5.41, 5.74) is 1.01. The zero-order valence-electron chi connectivity index (χ0n) is 13.8. The molecule has 0 spiro atoms. The third-order valence-electron chi connectivity index (χ3n) is 3.24. The molecule has 0 bridgehead atoms. The van der Waals surface area contributed by atoms with Crippen LogP contribution < -0.4 is 15.5 Å². The highest BCUT2D eigenvalue weighted by Crippen LogP contribution is 2.12.